The number of hydrogen-bond acceptors (Lipinski definition) is 1. The van der Waals surface area contributed by atoms with Crippen molar-refractivity contribution in [2.75, 3.05) is 7.05 Å². The molecule has 2 aromatic carbocycles. The third-order valence-corrected chi connectivity index (χ3v) is 3.65. The molecule has 1 fully saturated rings. The van der Waals surface area contributed by atoms with E-state index < -0.39 is 0 Å². The van der Waals surface area contributed by atoms with Crippen molar-refractivity contribution < 1.29 is 4.39 Å². The van der Waals surface area contributed by atoms with Gasteiger partial charge in [-0.2, -0.15) is 0 Å². The van der Waals surface area contributed by atoms with E-state index in [1.54, 1.807) is 0 Å². The summed E-state index contributed by atoms with van der Waals surface area (Å²) in [4.78, 5) is 0. The SMILES string of the molecule is CN[C@@H]1C[C@H]1c1cccc(-c2ccc(F)cc2)c1. The second-order valence-corrected chi connectivity index (χ2v) is 4.87. The van der Waals surface area contributed by atoms with Crippen LogP contribution in [0, 0.1) is 5.82 Å². The highest BCUT2D eigenvalue weighted by Crippen LogP contribution is 2.41. The highest BCUT2D eigenvalue weighted by Gasteiger charge is 2.36. The fourth-order valence-corrected chi connectivity index (χ4v) is 2.47. The van der Waals surface area contributed by atoms with Crippen molar-refractivity contribution in [3.63, 3.8) is 0 Å². The Kier molecular flexibility index (Phi) is 2.88. The molecule has 2 aromatic rings. The Labute approximate surface area is 107 Å². The van der Waals surface area contributed by atoms with E-state index in [4.69, 9.17) is 0 Å². The van der Waals surface area contributed by atoms with Crippen LogP contribution >= 0.6 is 0 Å². The van der Waals surface area contributed by atoms with Crippen molar-refractivity contribution in [2.45, 2.75) is 18.4 Å². The average Bonchev–Trinajstić information content (AvgIpc) is 3.19. The van der Waals surface area contributed by atoms with E-state index in [0.717, 1.165) is 11.1 Å². The second kappa shape index (κ2) is 4.54. The minimum atomic E-state index is -0.188. The normalized spacial score (nSPS) is 21.9. The van der Waals surface area contributed by atoms with Gasteiger partial charge in [0.1, 0.15) is 5.82 Å². The molecule has 1 aliphatic rings. The Balaban J connectivity index is 1.89. The third-order valence-electron chi connectivity index (χ3n) is 3.65. The summed E-state index contributed by atoms with van der Waals surface area (Å²) in [5, 5.41) is 3.30. The Hall–Kier alpha value is -1.67. The summed E-state index contributed by atoms with van der Waals surface area (Å²) >= 11 is 0. The van der Waals surface area contributed by atoms with E-state index >= 15 is 0 Å². The first-order valence-electron chi connectivity index (χ1n) is 6.31. The van der Waals surface area contributed by atoms with Gasteiger partial charge in [0.15, 0.2) is 0 Å². The van der Waals surface area contributed by atoms with Crippen LogP contribution in [0.3, 0.4) is 0 Å². The van der Waals surface area contributed by atoms with Crippen LogP contribution in [0.4, 0.5) is 4.39 Å². The maximum absolute atomic E-state index is 12.9. The van der Waals surface area contributed by atoms with Crippen LogP contribution in [0.15, 0.2) is 48.5 Å². The van der Waals surface area contributed by atoms with Crippen LogP contribution in [0.5, 0.6) is 0 Å². The van der Waals surface area contributed by atoms with Gasteiger partial charge in [0.05, 0.1) is 0 Å². The molecule has 0 bridgehead atoms. The molecule has 0 unspecified atom stereocenters. The lowest BCUT2D eigenvalue weighted by atomic mass is 10.0. The molecule has 2 heteroatoms. The van der Waals surface area contributed by atoms with Crippen LogP contribution < -0.4 is 5.32 Å². The van der Waals surface area contributed by atoms with Crippen LogP contribution in [-0.4, -0.2) is 13.1 Å². The van der Waals surface area contributed by atoms with Gasteiger partial charge < -0.3 is 5.32 Å². The minimum absolute atomic E-state index is 0.188. The van der Waals surface area contributed by atoms with E-state index in [9.17, 15) is 4.39 Å². The first kappa shape index (κ1) is 11.4. The largest absolute Gasteiger partial charge is 0.316 e. The number of likely N-dealkylation sites (N-methyl/N-ethyl adjacent to an activating group) is 1. The molecule has 0 aliphatic heterocycles. The summed E-state index contributed by atoms with van der Waals surface area (Å²) in [6.07, 6.45) is 1.21. The van der Waals surface area contributed by atoms with E-state index in [0.29, 0.717) is 12.0 Å². The molecule has 1 saturated carbocycles. The smallest absolute Gasteiger partial charge is 0.123 e. The fourth-order valence-electron chi connectivity index (χ4n) is 2.47. The van der Waals surface area contributed by atoms with E-state index in [-0.39, 0.29) is 5.82 Å². The Morgan fingerprint density at radius 3 is 2.50 bits per heavy atom. The maximum Gasteiger partial charge on any atom is 0.123 e. The molecular weight excluding hydrogens is 225 g/mol. The molecule has 0 saturated heterocycles. The topological polar surface area (TPSA) is 12.0 Å². The number of benzene rings is 2. The summed E-state index contributed by atoms with van der Waals surface area (Å²) in [5.41, 5.74) is 3.60. The predicted molar refractivity (Wildman–Crippen MR) is 72.0 cm³/mol. The number of hydrogen-bond donors (Lipinski definition) is 1. The molecule has 18 heavy (non-hydrogen) atoms. The minimum Gasteiger partial charge on any atom is -0.316 e. The molecule has 1 nitrogen and oxygen atoms in total. The van der Waals surface area contributed by atoms with Crippen molar-refractivity contribution in [3.05, 3.63) is 59.9 Å². The standard InChI is InChI=1S/C16H16FN/c1-18-16-10-15(16)13-4-2-3-12(9-13)11-5-7-14(17)8-6-11/h2-9,15-16,18H,10H2,1H3/t15-,16+/m0/s1. The van der Waals surface area contributed by atoms with Gasteiger partial charge >= 0.3 is 0 Å². The first-order valence-corrected chi connectivity index (χ1v) is 6.31. The van der Waals surface area contributed by atoms with Gasteiger partial charge in [-0.3, -0.25) is 0 Å². The van der Waals surface area contributed by atoms with Crippen molar-refractivity contribution in [3.8, 4) is 11.1 Å². The molecule has 0 spiro atoms. The molecular formula is C16H16FN. The van der Waals surface area contributed by atoms with Crippen molar-refractivity contribution in [2.24, 2.45) is 0 Å². The number of rotatable bonds is 3. The van der Waals surface area contributed by atoms with Crippen LogP contribution in [0.2, 0.25) is 0 Å². The molecule has 2 atom stereocenters. The van der Waals surface area contributed by atoms with Gasteiger partial charge in [-0.05, 0) is 42.3 Å². The van der Waals surface area contributed by atoms with E-state index in [1.807, 2.05) is 19.2 Å². The third kappa shape index (κ3) is 2.16. The molecule has 0 heterocycles. The molecule has 92 valence electrons. The van der Waals surface area contributed by atoms with E-state index in [1.165, 1.54) is 24.1 Å². The Morgan fingerprint density at radius 1 is 1.06 bits per heavy atom. The number of nitrogens with one attached hydrogen (secondary N) is 1. The predicted octanol–water partition coefficient (Wildman–Crippen LogP) is 3.57. The van der Waals surface area contributed by atoms with Gasteiger partial charge in [0.2, 0.25) is 0 Å². The second-order valence-electron chi connectivity index (χ2n) is 4.87. The van der Waals surface area contributed by atoms with Gasteiger partial charge in [-0.1, -0.05) is 36.4 Å². The summed E-state index contributed by atoms with van der Waals surface area (Å²) in [6, 6.07) is 15.9. The van der Waals surface area contributed by atoms with Gasteiger partial charge in [0.25, 0.3) is 0 Å². The van der Waals surface area contributed by atoms with Crippen LogP contribution in [0.25, 0.3) is 11.1 Å². The molecule has 1 aliphatic carbocycles. The fraction of sp³-hybridized carbons (Fsp3) is 0.250. The zero-order valence-corrected chi connectivity index (χ0v) is 10.4. The molecule has 0 radical (unpaired) electrons. The summed E-state index contributed by atoms with van der Waals surface area (Å²) in [5.74, 6) is 0.447. The summed E-state index contributed by atoms with van der Waals surface area (Å²) in [7, 11) is 2.01. The lowest BCUT2D eigenvalue weighted by molar-refractivity contribution is 0.628. The summed E-state index contributed by atoms with van der Waals surface area (Å²) in [6.45, 7) is 0. The Morgan fingerprint density at radius 2 is 1.83 bits per heavy atom. The van der Waals surface area contributed by atoms with E-state index in [2.05, 4.69) is 29.6 Å². The first-order chi connectivity index (χ1) is 8.78. The molecule has 1 N–H and O–H groups in total. The van der Waals surface area contributed by atoms with Gasteiger partial charge in [0, 0.05) is 12.0 Å². The maximum atomic E-state index is 12.9. The van der Waals surface area contributed by atoms with Gasteiger partial charge in [-0.15, -0.1) is 0 Å². The average molecular weight is 241 g/mol. The number of halogens is 1. The molecule has 0 amide bonds. The zero-order valence-electron chi connectivity index (χ0n) is 10.4. The summed E-state index contributed by atoms with van der Waals surface area (Å²) < 4.78 is 12.9. The van der Waals surface area contributed by atoms with Crippen molar-refractivity contribution in [1.29, 1.82) is 0 Å². The van der Waals surface area contributed by atoms with Crippen molar-refractivity contribution >= 4 is 0 Å². The highest BCUT2D eigenvalue weighted by atomic mass is 19.1. The molecule has 3 rings (SSSR count). The zero-order chi connectivity index (χ0) is 12.5. The van der Waals surface area contributed by atoms with Crippen LogP contribution in [-0.2, 0) is 0 Å². The van der Waals surface area contributed by atoms with Crippen molar-refractivity contribution in [1.82, 2.24) is 5.32 Å². The highest BCUT2D eigenvalue weighted by molar-refractivity contribution is 5.64. The quantitative estimate of drug-likeness (QED) is 0.866. The lowest BCUT2D eigenvalue weighted by Gasteiger charge is -2.05. The molecule has 0 aromatic heterocycles. The van der Waals surface area contributed by atoms with Gasteiger partial charge in [-0.25, -0.2) is 4.39 Å². The van der Waals surface area contributed by atoms with Crippen LogP contribution in [0.1, 0.15) is 17.9 Å². The Bertz CT molecular complexity index is 547. The monoisotopic (exact) mass is 241 g/mol. The lowest BCUT2D eigenvalue weighted by Crippen LogP contribution is -2.10.